The van der Waals surface area contributed by atoms with E-state index >= 15 is 0 Å². The molecule has 2 N–H and O–H groups in total. The average molecular weight is 360 g/mol. The van der Waals surface area contributed by atoms with Crippen LogP contribution in [0.4, 0.5) is 0 Å². The van der Waals surface area contributed by atoms with E-state index in [2.05, 4.69) is 13.8 Å². The van der Waals surface area contributed by atoms with Gasteiger partial charge in [0.15, 0.2) is 11.5 Å². The molecule has 3 aliphatic rings. The Morgan fingerprint density at radius 1 is 1.23 bits per heavy atom. The first-order valence-corrected chi connectivity index (χ1v) is 9.50. The molecule has 1 aromatic rings. The highest BCUT2D eigenvalue weighted by molar-refractivity contribution is 5.90. The second kappa shape index (κ2) is 5.38. The van der Waals surface area contributed by atoms with E-state index in [1.807, 2.05) is 19.9 Å². The van der Waals surface area contributed by atoms with Gasteiger partial charge in [-0.1, -0.05) is 34.1 Å². The maximum atomic E-state index is 13.1. The third-order valence-corrected chi connectivity index (χ3v) is 6.96. The first kappa shape index (κ1) is 17.7. The number of methoxy groups -OCH3 is 1. The molecule has 5 nitrogen and oxygen atoms in total. The number of carbonyl (C=O) groups is 1. The fourth-order valence-corrected chi connectivity index (χ4v) is 5.94. The number of hydrogen-bond acceptors (Lipinski definition) is 5. The summed E-state index contributed by atoms with van der Waals surface area (Å²) in [6.07, 6.45) is 1.72. The molecular weight excluding hydrogens is 332 g/mol. The maximum Gasteiger partial charge on any atom is 0.317 e. The predicted octanol–water partition coefficient (Wildman–Crippen LogP) is 3.91. The highest BCUT2D eigenvalue weighted by Gasteiger charge is 2.70. The fraction of sp³-hybridized carbons (Fsp3) is 0.667. The van der Waals surface area contributed by atoms with Crippen molar-refractivity contribution in [1.29, 1.82) is 0 Å². The van der Waals surface area contributed by atoms with Crippen molar-refractivity contribution < 1.29 is 24.5 Å². The molecule has 1 saturated heterocycles. The van der Waals surface area contributed by atoms with E-state index in [0.717, 1.165) is 18.4 Å². The molecule has 0 aromatic heterocycles. The Bertz CT molecular complexity index is 781. The number of benzene rings is 1. The van der Waals surface area contributed by atoms with E-state index in [9.17, 15) is 15.0 Å². The summed E-state index contributed by atoms with van der Waals surface area (Å²) in [7, 11) is 1.61. The molecule has 142 valence electrons. The second-order valence-electron chi connectivity index (χ2n) is 9.10. The van der Waals surface area contributed by atoms with Gasteiger partial charge in [-0.05, 0) is 35.8 Å². The molecule has 0 spiro atoms. The minimum atomic E-state index is -0.895. The molecule has 4 atom stereocenters. The van der Waals surface area contributed by atoms with Crippen molar-refractivity contribution in [3.8, 4) is 11.5 Å². The van der Waals surface area contributed by atoms with Crippen LogP contribution in [0.15, 0.2) is 6.07 Å². The molecule has 1 aliphatic heterocycles. The van der Waals surface area contributed by atoms with Crippen molar-refractivity contribution in [1.82, 2.24) is 0 Å². The van der Waals surface area contributed by atoms with Crippen molar-refractivity contribution in [3.63, 3.8) is 0 Å². The molecule has 1 saturated carbocycles. The average Bonchev–Trinajstić information content (AvgIpc) is 2.81. The van der Waals surface area contributed by atoms with Crippen LogP contribution in [0, 0.1) is 11.3 Å². The zero-order valence-electron chi connectivity index (χ0n) is 16.1. The van der Waals surface area contributed by atoms with Crippen molar-refractivity contribution in [2.75, 3.05) is 7.11 Å². The van der Waals surface area contributed by atoms with Gasteiger partial charge in [-0.2, -0.15) is 0 Å². The van der Waals surface area contributed by atoms with Crippen molar-refractivity contribution >= 4 is 5.97 Å². The summed E-state index contributed by atoms with van der Waals surface area (Å²) in [6.45, 7) is 8.26. The zero-order chi connectivity index (χ0) is 19.0. The summed E-state index contributed by atoms with van der Waals surface area (Å²) < 4.78 is 11.7. The van der Waals surface area contributed by atoms with Gasteiger partial charge in [0, 0.05) is 24.2 Å². The standard InChI is InChI=1S/C21H28O5/c1-10(2)11-9-12-13(15(23)14(11)22)21-8-6-7-20(3,4)18(21)17(16(12)25-5)26-19(21)24/h9-10,16-18,22-23H,6-8H2,1-5H3/t16-,17+,18+,21-/m0/s1. The van der Waals surface area contributed by atoms with Crippen LogP contribution in [-0.2, 0) is 19.7 Å². The molecule has 1 aromatic carbocycles. The van der Waals surface area contributed by atoms with Crippen LogP contribution in [0.1, 0.15) is 75.7 Å². The molecule has 2 bridgehead atoms. The summed E-state index contributed by atoms with van der Waals surface area (Å²) >= 11 is 0. The van der Waals surface area contributed by atoms with E-state index < -0.39 is 11.5 Å². The van der Waals surface area contributed by atoms with Crippen molar-refractivity contribution in [3.05, 3.63) is 22.8 Å². The maximum absolute atomic E-state index is 13.1. The molecule has 4 rings (SSSR count). The lowest BCUT2D eigenvalue weighted by molar-refractivity contribution is -0.149. The van der Waals surface area contributed by atoms with E-state index in [1.54, 1.807) is 7.11 Å². The number of aromatic hydroxyl groups is 2. The monoisotopic (exact) mass is 360 g/mol. The molecule has 2 aliphatic carbocycles. The van der Waals surface area contributed by atoms with E-state index in [4.69, 9.17) is 9.47 Å². The van der Waals surface area contributed by atoms with Crippen LogP contribution in [0.3, 0.4) is 0 Å². The van der Waals surface area contributed by atoms with Gasteiger partial charge >= 0.3 is 5.97 Å². The fourth-order valence-electron chi connectivity index (χ4n) is 5.94. The summed E-state index contributed by atoms with van der Waals surface area (Å²) in [5, 5.41) is 21.7. The number of carbonyl (C=O) groups excluding carboxylic acids is 1. The Morgan fingerprint density at radius 3 is 2.54 bits per heavy atom. The molecule has 26 heavy (non-hydrogen) atoms. The SMILES string of the molecule is CO[C@H]1c2cc(C(C)C)c(O)c(O)c2[C@@]23CCCC(C)(C)[C@H]2[C@@H]1OC3=O. The van der Waals surface area contributed by atoms with Gasteiger partial charge in [0.05, 0.1) is 0 Å². The van der Waals surface area contributed by atoms with Crippen LogP contribution in [0.5, 0.6) is 11.5 Å². The number of rotatable bonds is 2. The van der Waals surface area contributed by atoms with Crippen LogP contribution < -0.4 is 0 Å². The number of ether oxygens (including phenoxy) is 2. The van der Waals surface area contributed by atoms with Gasteiger partial charge in [-0.25, -0.2) is 0 Å². The lowest BCUT2D eigenvalue weighted by Gasteiger charge is -2.52. The molecular formula is C21H28O5. The Labute approximate surface area is 154 Å². The molecule has 2 fully saturated rings. The van der Waals surface area contributed by atoms with Crippen LogP contribution in [0.2, 0.25) is 0 Å². The Balaban J connectivity index is 2.08. The molecule has 1 heterocycles. The number of hydrogen-bond donors (Lipinski definition) is 2. The first-order valence-electron chi connectivity index (χ1n) is 9.50. The number of fused-ring (bicyclic) bond motifs is 1. The Morgan fingerprint density at radius 2 is 1.92 bits per heavy atom. The van der Waals surface area contributed by atoms with E-state index in [1.165, 1.54) is 0 Å². The third kappa shape index (κ3) is 1.92. The van der Waals surface area contributed by atoms with Gasteiger partial charge in [0.25, 0.3) is 0 Å². The lowest BCUT2D eigenvalue weighted by atomic mass is 9.49. The summed E-state index contributed by atoms with van der Waals surface area (Å²) in [4.78, 5) is 13.1. The first-order chi connectivity index (χ1) is 12.2. The van der Waals surface area contributed by atoms with Crippen LogP contribution in [-0.4, -0.2) is 29.4 Å². The van der Waals surface area contributed by atoms with Gasteiger partial charge in [0.1, 0.15) is 17.6 Å². The molecule has 0 unspecified atom stereocenters. The summed E-state index contributed by atoms with van der Waals surface area (Å²) in [6, 6.07) is 1.90. The summed E-state index contributed by atoms with van der Waals surface area (Å²) in [5.41, 5.74) is 0.968. The number of phenolic OH excluding ortho intramolecular Hbond substituents is 2. The Kier molecular flexibility index (Phi) is 3.65. The number of esters is 1. The van der Waals surface area contributed by atoms with E-state index in [0.29, 0.717) is 17.5 Å². The zero-order valence-corrected chi connectivity index (χ0v) is 16.1. The normalized spacial score (nSPS) is 34.4. The highest BCUT2D eigenvalue weighted by atomic mass is 16.6. The van der Waals surface area contributed by atoms with Crippen LogP contribution >= 0.6 is 0 Å². The van der Waals surface area contributed by atoms with Crippen molar-refractivity contribution in [2.45, 2.75) is 70.5 Å². The van der Waals surface area contributed by atoms with Gasteiger partial charge in [0.2, 0.25) is 0 Å². The topological polar surface area (TPSA) is 76.0 Å². The van der Waals surface area contributed by atoms with Crippen molar-refractivity contribution in [2.24, 2.45) is 11.3 Å². The molecule has 0 radical (unpaired) electrons. The minimum absolute atomic E-state index is 0.0380. The van der Waals surface area contributed by atoms with E-state index in [-0.39, 0.29) is 40.8 Å². The van der Waals surface area contributed by atoms with Crippen LogP contribution in [0.25, 0.3) is 0 Å². The van der Waals surface area contributed by atoms with Gasteiger partial charge in [-0.3, -0.25) is 4.79 Å². The minimum Gasteiger partial charge on any atom is -0.504 e. The summed E-state index contributed by atoms with van der Waals surface area (Å²) in [5.74, 6) is -0.621. The predicted molar refractivity (Wildman–Crippen MR) is 96.3 cm³/mol. The highest BCUT2D eigenvalue weighted by Crippen LogP contribution is 2.67. The second-order valence-corrected chi connectivity index (χ2v) is 9.10. The third-order valence-electron chi connectivity index (χ3n) is 6.96. The quantitative estimate of drug-likeness (QED) is 0.618. The Hall–Kier alpha value is -1.75. The van der Waals surface area contributed by atoms with Gasteiger partial charge < -0.3 is 19.7 Å². The van der Waals surface area contributed by atoms with Gasteiger partial charge in [-0.15, -0.1) is 0 Å². The smallest absolute Gasteiger partial charge is 0.317 e. The lowest BCUT2D eigenvalue weighted by Crippen LogP contribution is -2.54. The number of phenols is 2. The molecule has 5 heteroatoms. The molecule has 0 amide bonds. The largest absolute Gasteiger partial charge is 0.504 e.